The van der Waals surface area contributed by atoms with E-state index in [9.17, 15) is 23.5 Å². The van der Waals surface area contributed by atoms with Gasteiger partial charge >= 0.3 is 5.97 Å². The monoisotopic (exact) mass is 316 g/mol. The molecule has 1 heterocycles. The predicted octanol–water partition coefficient (Wildman–Crippen LogP) is 3.74. The normalized spacial score (nSPS) is 10.9. The smallest absolute Gasteiger partial charge is 0.343 e. The second-order valence-electron chi connectivity index (χ2n) is 5.10. The summed E-state index contributed by atoms with van der Waals surface area (Å²) in [5, 5.41) is 9.43. The molecule has 4 nitrogen and oxygen atoms in total. The van der Waals surface area contributed by atoms with Gasteiger partial charge in [-0.25, -0.2) is 13.6 Å². The Kier molecular flexibility index (Phi) is 3.44. The third-order valence-electron chi connectivity index (χ3n) is 3.38. The Morgan fingerprint density at radius 3 is 2.35 bits per heavy atom. The zero-order valence-electron chi connectivity index (χ0n) is 11.9. The largest absolute Gasteiger partial charge is 0.477 e. The van der Waals surface area contributed by atoms with Crippen LogP contribution in [0, 0.1) is 18.6 Å². The molecule has 0 aliphatic heterocycles. The fraction of sp³-hybridized carbons (Fsp3) is 0.0588. The van der Waals surface area contributed by atoms with Gasteiger partial charge in [0.25, 0.3) is 0 Å². The number of benzene rings is 2. The van der Waals surface area contributed by atoms with Crippen LogP contribution in [0.1, 0.15) is 15.9 Å². The first-order chi connectivity index (χ1) is 10.9. The van der Waals surface area contributed by atoms with Crippen LogP contribution >= 0.6 is 0 Å². The van der Waals surface area contributed by atoms with Crippen LogP contribution in [0.4, 0.5) is 8.78 Å². The van der Waals surface area contributed by atoms with Crippen LogP contribution in [0.2, 0.25) is 0 Å². The number of fused-ring (bicyclic) bond motifs is 1. The van der Waals surface area contributed by atoms with Crippen LogP contribution in [0.25, 0.3) is 22.3 Å². The molecule has 116 valence electrons. The highest BCUT2D eigenvalue weighted by Gasteiger charge is 2.22. The number of hydrogen-bond donors (Lipinski definition) is 1. The quantitative estimate of drug-likeness (QED) is 0.782. The Labute approximate surface area is 128 Å². The first-order valence-corrected chi connectivity index (χ1v) is 6.64. The van der Waals surface area contributed by atoms with Crippen LogP contribution in [0.15, 0.2) is 45.6 Å². The van der Waals surface area contributed by atoms with E-state index in [2.05, 4.69) is 0 Å². The lowest BCUT2D eigenvalue weighted by Crippen LogP contribution is -2.16. The summed E-state index contributed by atoms with van der Waals surface area (Å²) in [7, 11) is 0. The summed E-state index contributed by atoms with van der Waals surface area (Å²) in [6.45, 7) is 1.75. The Balaban J connectivity index is 2.44. The van der Waals surface area contributed by atoms with Crippen molar-refractivity contribution in [2.75, 3.05) is 0 Å². The molecule has 1 aromatic heterocycles. The van der Waals surface area contributed by atoms with Crippen molar-refractivity contribution in [3.63, 3.8) is 0 Å². The summed E-state index contributed by atoms with van der Waals surface area (Å²) in [5.74, 6) is -3.70. The first kappa shape index (κ1) is 14.9. The maximum atomic E-state index is 13.4. The zero-order chi connectivity index (χ0) is 16.7. The molecule has 0 atom stereocenters. The molecule has 0 radical (unpaired) electrons. The fourth-order valence-corrected chi connectivity index (χ4v) is 2.39. The molecule has 3 aromatic rings. The molecule has 3 rings (SSSR count). The molecular formula is C17H10F2O4. The molecule has 2 aromatic carbocycles. The van der Waals surface area contributed by atoms with Gasteiger partial charge in [0.05, 0.1) is 5.39 Å². The standard InChI is InChI=1S/C17H10F2O4/c1-8-2-3-13-12(4-8)15(20)14(17(21)22)16(23-13)9-5-10(18)7-11(19)6-9/h2-7H,1H3,(H,21,22). The van der Waals surface area contributed by atoms with E-state index in [1.165, 1.54) is 12.1 Å². The van der Waals surface area contributed by atoms with Crippen molar-refractivity contribution >= 4 is 16.9 Å². The molecule has 0 aliphatic carbocycles. The van der Waals surface area contributed by atoms with Gasteiger partial charge in [-0.1, -0.05) is 11.6 Å². The van der Waals surface area contributed by atoms with E-state index in [0.717, 1.165) is 17.7 Å². The van der Waals surface area contributed by atoms with Gasteiger partial charge in [-0.15, -0.1) is 0 Å². The van der Waals surface area contributed by atoms with Gasteiger partial charge in [-0.2, -0.15) is 0 Å². The molecule has 0 unspecified atom stereocenters. The highest BCUT2D eigenvalue weighted by molar-refractivity contribution is 5.98. The molecule has 6 heteroatoms. The molecule has 0 fully saturated rings. The molecule has 0 spiro atoms. The number of halogens is 2. The van der Waals surface area contributed by atoms with Crippen LogP contribution in [-0.2, 0) is 0 Å². The van der Waals surface area contributed by atoms with Crippen LogP contribution in [0.5, 0.6) is 0 Å². The molecule has 0 saturated carbocycles. The number of carboxylic acids is 1. The van der Waals surface area contributed by atoms with E-state index in [4.69, 9.17) is 4.42 Å². The van der Waals surface area contributed by atoms with E-state index in [1.807, 2.05) is 0 Å². The predicted molar refractivity (Wildman–Crippen MR) is 79.5 cm³/mol. The fourth-order valence-electron chi connectivity index (χ4n) is 2.39. The minimum absolute atomic E-state index is 0.100. The molecule has 0 aliphatic rings. The Bertz CT molecular complexity index is 985. The van der Waals surface area contributed by atoms with Crippen molar-refractivity contribution in [2.45, 2.75) is 6.92 Å². The van der Waals surface area contributed by atoms with Crippen molar-refractivity contribution < 1.29 is 23.1 Å². The summed E-state index contributed by atoms with van der Waals surface area (Å²) in [4.78, 5) is 23.9. The molecule has 0 bridgehead atoms. The van der Waals surface area contributed by atoms with Crippen molar-refractivity contribution in [1.29, 1.82) is 0 Å². The van der Waals surface area contributed by atoms with E-state index >= 15 is 0 Å². The van der Waals surface area contributed by atoms with E-state index in [0.29, 0.717) is 6.07 Å². The lowest BCUT2D eigenvalue weighted by molar-refractivity contribution is 0.0694. The lowest BCUT2D eigenvalue weighted by Gasteiger charge is -2.08. The molecule has 23 heavy (non-hydrogen) atoms. The molecule has 0 saturated heterocycles. The van der Waals surface area contributed by atoms with Crippen molar-refractivity contribution in [2.24, 2.45) is 0 Å². The second kappa shape index (κ2) is 5.31. The van der Waals surface area contributed by atoms with E-state index < -0.39 is 28.6 Å². The summed E-state index contributed by atoms with van der Waals surface area (Å²) in [6.07, 6.45) is 0. The van der Waals surface area contributed by atoms with Crippen LogP contribution in [-0.4, -0.2) is 11.1 Å². The van der Waals surface area contributed by atoms with Crippen LogP contribution < -0.4 is 5.43 Å². The van der Waals surface area contributed by atoms with Gasteiger partial charge in [0.2, 0.25) is 5.43 Å². The van der Waals surface area contributed by atoms with Gasteiger partial charge in [-0.05, 0) is 31.2 Å². The number of hydrogen-bond acceptors (Lipinski definition) is 3. The number of carboxylic acid groups (broad SMARTS) is 1. The summed E-state index contributed by atoms with van der Waals surface area (Å²) in [5.41, 5.74) is -0.675. The number of aromatic carboxylic acids is 1. The summed E-state index contributed by atoms with van der Waals surface area (Å²) in [6, 6.07) is 7.16. The van der Waals surface area contributed by atoms with Crippen molar-refractivity contribution in [3.8, 4) is 11.3 Å². The minimum Gasteiger partial charge on any atom is -0.477 e. The topological polar surface area (TPSA) is 67.5 Å². The Hall–Kier alpha value is -3.02. The van der Waals surface area contributed by atoms with Gasteiger partial charge in [0.15, 0.2) is 11.3 Å². The highest BCUT2D eigenvalue weighted by atomic mass is 19.1. The van der Waals surface area contributed by atoms with E-state index in [1.54, 1.807) is 13.0 Å². The van der Waals surface area contributed by atoms with Crippen LogP contribution in [0.3, 0.4) is 0 Å². The summed E-state index contributed by atoms with van der Waals surface area (Å²) >= 11 is 0. The molecular weight excluding hydrogens is 306 g/mol. The van der Waals surface area contributed by atoms with Crippen molar-refractivity contribution in [1.82, 2.24) is 0 Å². The molecule has 0 amide bonds. The minimum atomic E-state index is -1.53. The highest BCUT2D eigenvalue weighted by Crippen LogP contribution is 2.27. The Morgan fingerprint density at radius 1 is 1.09 bits per heavy atom. The van der Waals surface area contributed by atoms with Gasteiger partial charge in [0, 0.05) is 11.6 Å². The zero-order valence-corrected chi connectivity index (χ0v) is 11.9. The average molecular weight is 316 g/mol. The number of aryl methyl sites for hydroxylation is 1. The maximum absolute atomic E-state index is 13.4. The second-order valence-corrected chi connectivity index (χ2v) is 5.10. The van der Waals surface area contributed by atoms with E-state index in [-0.39, 0.29) is 22.3 Å². The number of rotatable bonds is 2. The molecule has 1 N–H and O–H groups in total. The van der Waals surface area contributed by atoms with Crippen molar-refractivity contribution in [3.05, 3.63) is 69.4 Å². The Morgan fingerprint density at radius 2 is 1.74 bits per heavy atom. The SMILES string of the molecule is Cc1ccc2oc(-c3cc(F)cc(F)c3)c(C(=O)O)c(=O)c2c1. The van der Waals surface area contributed by atoms with Gasteiger partial charge in [-0.3, -0.25) is 4.79 Å². The number of carbonyl (C=O) groups is 1. The maximum Gasteiger partial charge on any atom is 0.343 e. The third kappa shape index (κ3) is 2.59. The lowest BCUT2D eigenvalue weighted by atomic mass is 10.0. The first-order valence-electron chi connectivity index (χ1n) is 6.64. The average Bonchev–Trinajstić information content (AvgIpc) is 2.46. The third-order valence-corrected chi connectivity index (χ3v) is 3.38. The van der Waals surface area contributed by atoms with Gasteiger partial charge < -0.3 is 9.52 Å². The summed E-state index contributed by atoms with van der Waals surface area (Å²) < 4.78 is 32.3. The van der Waals surface area contributed by atoms with Gasteiger partial charge in [0.1, 0.15) is 17.2 Å².